The molecule has 2 rings (SSSR count). The number of amides is 1. The second kappa shape index (κ2) is 8.38. The van der Waals surface area contributed by atoms with Crippen molar-refractivity contribution >= 4 is 17.7 Å². The third-order valence-electron chi connectivity index (χ3n) is 3.47. The Balaban J connectivity index is 2.08. The van der Waals surface area contributed by atoms with E-state index in [0.29, 0.717) is 11.5 Å². The van der Waals surface area contributed by atoms with Gasteiger partial charge in [0.25, 0.3) is 0 Å². The van der Waals surface area contributed by atoms with Crippen LogP contribution in [0.2, 0.25) is 0 Å². The summed E-state index contributed by atoms with van der Waals surface area (Å²) in [6.07, 6.45) is 3.33. The average Bonchev–Trinajstić information content (AvgIpc) is 2.52. The molecule has 0 bridgehead atoms. The number of hydrogen-bond acceptors (Lipinski definition) is 3. The summed E-state index contributed by atoms with van der Waals surface area (Å²) in [5.41, 5.74) is 3.89. The summed E-state index contributed by atoms with van der Waals surface area (Å²) in [5, 5.41) is 2.88. The number of anilines is 1. The molecule has 1 N–H and O–H groups in total. The standard InChI is InChI=1S/C21H25NO3/c1-14(2)25-19-8-6-17(13-20(19)24-5)7-9-21(23)22-18-11-15(3)10-16(4)12-18/h6-14H,1-5H3,(H,22,23)/b9-7+. The predicted molar refractivity (Wildman–Crippen MR) is 102 cm³/mol. The molecule has 0 heterocycles. The summed E-state index contributed by atoms with van der Waals surface area (Å²) in [4.78, 5) is 12.1. The summed E-state index contributed by atoms with van der Waals surface area (Å²) in [6.45, 7) is 7.94. The van der Waals surface area contributed by atoms with Crippen LogP contribution >= 0.6 is 0 Å². The molecular weight excluding hydrogens is 314 g/mol. The van der Waals surface area contributed by atoms with Gasteiger partial charge in [0.15, 0.2) is 11.5 Å². The lowest BCUT2D eigenvalue weighted by Gasteiger charge is -2.13. The minimum absolute atomic E-state index is 0.0684. The number of ether oxygens (including phenoxy) is 2. The lowest BCUT2D eigenvalue weighted by molar-refractivity contribution is -0.111. The molecule has 0 saturated carbocycles. The molecule has 0 fully saturated rings. The van der Waals surface area contributed by atoms with Gasteiger partial charge >= 0.3 is 0 Å². The van der Waals surface area contributed by atoms with E-state index in [0.717, 1.165) is 22.4 Å². The van der Waals surface area contributed by atoms with E-state index in [1.165, 1.54) is 6.08 Å². The van der Waals surface area contributed by atoms with Crippen molar-refractivity contribution in [2.75, 3.05) is 12.4 Å². The van der Waals surface area contributed by atoms with Gasteiger partial charge in [-0.3, -0.25) is 4.79 Å². The largest absolute Gasteiger partial charge is 0.493 e. The average molecular weight is 339 g/mol. The van der Waals surface area contributed by atoms with E-state index in [2.05, 4.69) is 11.4 Å². The third kappa shape index (κ3) is 5.68. The molecule has 0 aliphatic rings. The molecule has 0 unspecified atom stereocenters. The van der Waals surface area contributed by atoms with Crippen LogP contribution in [0.15, 0.2) is 42.5 Å². The maximum absolute atomic E-state index is 12.1. The second-order valence-corrected chi connectivity index (χ2v) is 6.28. The third-order valence-corrected chi connectivity index (χ3v) is 3.47. The summed E-state index contributed by atoms with van der Waals surface area (Å²) >= 11 is 0. The first-order valence-corrected chi connectivity index (χ1v) is 8.29. The van der Waals surface area contributed by atoms with Crippen molar-refractivity contribution in [3.63, 3.8) is 0 Å². The molecule has 2 aromatic rings. The van der Waals surface area contributed by atoms with E-state index in [1.54, 1.807) is 13.2 Å². The Hall–Kier alpha value is -2.75. The molecule has 0 saturated heterocycles. The van der Waals surface area contributed by atoms with Crippen LogP contribution in [0.5, 0.6) is 11.5 Å². The first kappa shape index (κ1) is 18.6. The SMILES string of the molecule is COc1cc(/C=C/C(=O)Nc2cc(C)cc(C)c2)ccc1OC(C)C. The van der Waals surface area contributed by atoms with E-state index in [9.17, 15) is 4.79 Å². The Labute approximate surface area is 149 Å². The first-order valence-electron chi connectivity index (χ1n) is 8.29. The Morgan fingerprint density at radius 2 is 1.72 bits per heavy atom. The van der Waals surface area contributed by atoms with Gasteiger partial charge < -0.3 is 14.8 Å². The fourth-order valence-corrected chi connectivity index (χ4v) is 2.54. The number of carbonyl (C=O) groups is 1. The molecule has 4 heteroatoms. The normalized spacial score (nSPS) is 11.0. The van der Waals surface area contributed by atoms with Crippen LogP contribution in [0.25, 0.3) is 6.08 Å². The second-order valence-electron chi connectivity index (χ2n) is 6.28. The van der Waals surface area contributed by atoms with Crippen LogP contribution in [-0.4, -0.2) is 19.1 Å². The number of nitrogens with one attached hydrogen (secondary N) is 1. The maximum Gasteiger partial charge on any atom is 0.248 e. The highest BCUT2D eigenvalue weighted by Crippen LogP contribution is 2.29. The highest BCUT2D eigenvalue weighted by molar-refractivity contribution is 6.02. The zero-order valence-electron chi connectivity index (χ0n) is 15.4. The summed E-state index contributed by atoms with van der Waals surface area (Å²) in [6, 6.07) is 11.5. The van der Waals surface area contributed by atoms with Gasteiger partial charge in [-0.15, -0.1) is 0 Å². The zero-order valence-corrected chi connectivity index (χ0v) is 15.4. The molecule has 0 radical (unpaired) electrons. The Morgan fingerprint density at radius 3 is 2.32 bits per heavy atom. The number of hydrogen-bond donors (Lipinski definition) is 1. The topological polar surface area (TPSA) is 47.6 Å². The van der Waals surface area contributed by atoms with E-state index in [4.69, 9.17) is 9.47 Å². The van der Waals surface area contributed by atoms with Gasteiger partial charge in [0.05, 0.1) is 13.2 Å². The van der Waals surface area contributed by atoms with Gasteiger partial charge in [-0.2, -0.15) is 0 Å². The van der Waals surface area contributed by atoms with Crippen LogP contribution in [-0.2, 0) is 4.79 Å². The van der Waals surface area contributed by atoms with E-state index < -0.39 is 0 Å². The fraction of sp³-hybridized carbons (Fsp3) is 0.286. The molecule has 2 aromatic carbocycles. The van der Waals surface area contributed by atoms with Crippen molar-refractivity contribution in [2.24, 2.45) is 0 Å². The van der Waals surface area contributed by atoms with Crippen molar-refractivity contribution in [3.8, 4) is 11.5 Å². The van der Waals surface area contributed by atoms with Crippen molar-refractivity contribution in [3.05, 3.63) is 59.2 Å². The molecule has 0 aliphatic carbocycles. The quantitative estimate of drug-likeness (QED) is 0.773. The van der Waals surface area contributed by atoms with Gasteiger partial charge in [-0.1, -0.05) is 12.1 Å². The van der Waals surface area contributed by atoms with Gasteiger partial charge in [0.1, 0.15) is 0 Å². The van der Waals surface area contributed by atoms with Crippen molar-refractivity contribution < 1.29 is 14.3 Å². The van der Waals surface area contributed by atoms with Crippen LogP contribution in [0.3, 0.4) is 0 Å². The Kier molecular flexibility index (Phi) is 6.23. The van der Waals surface area contributed by atoms with Crippen LogP contribution < -0.4 is 14.8 Å². The highest BCUT2D eigenvalue weighted by atomic mass is 16.5. The Morgan fingerprint density at radius 1 is 1.04 bits per heavy atom. The minimum atomic E-state index is -0.175. The highest BCUT2D eigenvalue weighted by Gasteiger charge is 2.07. The molecule has 0 aromatic heterocycles. The first-order chi connectivity index (χ1) is 11.9. The van der Waals surface area contributed by atoms with Crippen molar-refractivity contribution in [2.45, 2.75) is 33.8 Å². The molecule has 132 valence electrons. The molecule has 25 heavy (non-hydrogen) atoms. The van der Waals surface area contributed by atoms with Crippen LogP contribution in [0, 0.1) is 13.8 Å². The summed E-state index contributed by atoms with van der Waals surface area (Å²) in [7, 11) is 1.60. The predicted octanol–water partition coefficient (Wildman–Crippen LogP) is 4.75. The van der Waals surface area contributed by atoms with Crippen LogP contribution in [0.4, 0.5) is 5.69 Å². The number of aryl methyl sites for hydroxylation is 2. The number of benzene rings is 2. The summed E-state index contributed by atoms with van der Waals surface area (Å²) < 4.78 is 11.0. The number of carbonyl (C=O) groups excluding carboxylic acids is 1. The smallest absolute Gasteiger partial charge is 0.248 e. The fourth-order valence-electron chi connectivity index (χ4n) is 2.54. The lowest BCUT2D eigenvalue weighted by atomic mass is 10.1. The van der Waals surface area contributed by atoms with E-state index in [-0.39, 0.29) is 12.0 Å². The molecule has 4 nitrogen and oxygen atoms in total. The number of rotatable bonds is 6. The minimum Gasteiger partial charge on any atom is -0.493 e. The van der Waals surface area contributed by atoms with Crippen LogP contribution in [0.1, 0.15) is 30.5 Å². The summed E-state index contributed by atoms with van der Waals surface area (Å²) in [5.74, 6) is 1.16. The maximum atomic E-state index is 12.1. The molecular formula is C21H25NO3. The zero-order chi connectivity index (χ0) is 18.4. The van der Waals surface area contributed by atoms with Crippen molar-refractivity contribution in [1.82, 2.24) is 0 Å². The Bertz CT molecular complexity index is 758. The van der Waals surface area contributed by atoms with Gasteiger partial charge in [-0.25, -0.2) is 0 Å². The van der Waals surface area contributed by atoms with Gasteiger partial charge in [0, 0.05) is 11.8 Å². The molecule has 1 amide bonds. The molecule has 0 aliphatic heterocycles. The van der Waals surface area contributed by atoms with Crippen molar-refractivity contribution in [1.29, 1.82) is 0 Å². The monoisotopic (exact) mass is 339 g/mol. The van der Waals surface area contributed by atoms with E-state index >= 15 is 0 Å². The molecule has 0 atom stereocenters. The van der Waals surface area contributed by atoms with Gasteiger partial charge in [0.2, 0.25) is 5.91 Å². The van der Waals surface area contributed by atoms with Gasteiger partial charge in [-0.05, 0) is 74.7 Å². The van der Waals surface area contributed by atoms with E-state index in [1.807, 2.05) is 58.0 Å². The lowest BCUT2D eigenvalue weighted by Crippen LogP contribution is -2.08. The molecule has 0 spiro atoms. The number of methoxy groups -OCH3 is 1.